The molecule has 4 rings (SSSR count). The van der Waals surface area contributed by atoms with E-state index in [0.29, 0.717) is 20.9 Å². The van der Waals surface area contributed by atoms with Crippen LogP contribution in [0.25, 0.3) is 0 Å². The standard InChI is InChI=1S/C25H27Cl2N3O5S2/c1-25(2,3)35-24(32)28-19(11-15-7-5-4-6-8-15)22(31)29-23-30(16-9-10-17(26)18(27)12-16)20-13-37(33,34)14-21(20)36-23/h4-10,12,19-21H,11,13-14H2,1-3H3,(H,28,32)/t19-,20+,21-/m0/s1. The molecule has 2 aliphatic heterocycles. The zero-order chi connectivity index (χ0) is 27.0. The highest BCUT2D eigenvalue weighted by Crippen LogP contribution is 2.42. The summed E-state index contributed by atoms with van der Waals surface area (Å²) in [6.45, 7) is 5.20. The zero-order valence-electron chi connectivity index (χ0n) is 20.5. The Bertz CT molecular complexity index is 1330. The summed E-state index contributed by atoms with van der Waals surface area (Å²) in [7, 11) is -3.24. The van der Waals surface area contributed by atoms with Gasteiger partial charge in [-0.05, 0) is 44.5 Å². The maximum atomic E-state index is 13.5. The molecule has 2 aromatic rings. The molecule has 0 aromatic heterocycles. The first-order valence-electron chi connectivity index (χ1n) is 11.6. The van der Waals surface area contributed by atoms with Crippen LogP contribution in [-0.2, 0) is 25.8 Å². The first-order chi connectivity index (χ1) is 17.3. The van der Waals surface area contributed by atoms with Crippen molar-refractivity contribution in [2.75, 3.05) is 16.4 Å². The Balaban J connectivity index is 1.66. The first kappa shape index (κ1) is 27.8. The number of carbonyl (C=O) groups excluding carboxylic acids is 2. The van der Waals surface area contributed by atoms with Gasteiger partial charge in [-0.1, -0.05) is 65.3 Å². The van der Waals surface area contributed by atoms with E-state index in [2.05, 4.69) is 10.3 Å². The van der Waals surface area contributed by atoms with Crippen LogP contribution in [0.3, 0.4) is 0 Å². The number of halogens is 2. The van der Waals surface area contributed by atoms with Gasteiger partial charge in [0.1, 0.15) is 11.6 Å². The van der Waals surface area contributed by atoms with Crippen LogP contribution >= 0.6 is 35.0 Å². The lowest BCUT2D eigenvalue weighted by Crippen LogP contribution is -2.45. The number of nitrogens with one attached hydrogen (secondary N) is 1. The molecule has 1 N–H and O–H groups in total. The number of ether oxygens (including phenoxy) is 1. The van der Waals surface area contributed by atoms with E-state index in [-0.39, 0.29) is 23.2 Å². The smallest absolute Gasteiger partial charge is 0.408 e. The van der Waals surface area contributed by atoms with Crippen molar-refractivity contribution in [2.45, 2.75) is 50.1 Å². The number of amides is 2. The molecular weight excluding hydrogens is 557 g/mol. The van der Waals surface area contributed by atoms with E-state index in [4.69, 9.17) is 27.9 Å². The molecule has 2 fully saturated rings. The lowest BCUT2D eigenvalue weighted by Gasteiger charge is -2.25. The van der Waals surface area contributed by atoms with E-state index in [1.54, 1.807) is 43.9 Å². The average molecular weight is 585 g/mol. The lowest BCUT2D eigenvalue weighted by molar-refractivity contribution is -0.119. The third kappa shape index (κ3) is 6.98. The molecule has 0 unspecified atom stereocenters. The Kier molecular flexibility index (Phi) is 8.13. The Morgan fingerprint density at radius 2 is 1.84 bits per heavy atom. The number of alkyl carbamates (subject to hydrolysis) is 1. The molecule has 0 saturated carbocycles. The first-order valence-corrected chi connectivity index (χ1v) is 15.0. The molecule has 2 aliphatic rings. The molecule has 198 valence electrons. The number of hydrogen-bond donors (Lipinski definition) is 1. The summed E-state index contributed by atoms with van der Waals surface area (Å²) >= 11 is 13.6. The molecule has 2 saturated heterocycles. The van der Waals surface area contributed by atoms with Crippen LogP contribution in [0.2, 0.25) is 10.0 Å². The predicted octanol–water partition coefficient (Wildman–Crippen LogP) is 4.73. The van der Waals surface area contributed by atoms with E-state index in [9.17, 15) is 18.0 Å². The normalized spacial score (nSPS) is 22.5. The fourth-order valence-corrected chi connectivity index (χ4v) is 8.38. The molecule has 2 amide bonds. The summed E-state index contributed by atoms with van der Waals surface area (Å²) in [4.78, 5) is 32.1. The minimum atomic E-state index is -3.24. The number of sulfone groups is 1. The second kappa shape index (κ2) is 10.8. The molecule has 0 aliphatic carbocycles. The van der Waals surface area contributed by atoms with Crippen LogP contribution in [0.1, 0.15) is 26.3 Å². The van der Waals surface area contributed by atoms with Gasteiger partial charge in [0.25, 0.3) is 5.91 Å². The number of rotatable bonds is 5. The average Bonchev–Trinajstić information content (AvgIpc) is 3.25. The maximum Gasteiger partial charge on any atom is 0.408 e. The second-order valence-electron chi connectivity index (χ2n) is 9.89. The van der Waals surface area contributed by atoms with E-state index in [1.165, 1.54) is 11.8 Å². The molecule has 8 nitrogen and oxygen atoms in total. The largest absolute Gasteiger partial charge is 0.444 e. The van der Waals surface area contributed by atoms with Crippen molar-refractivity contribution in [1.29, 1.82) is 0 Å². The van der Waals surface area contributed by atoms with E-state index >= 15 is 0 Å². The SMILES string of the molecule is CC(C)(C)OC(=O)N[C@@H](Cc1ccccc1)C(=O)N=C1S[C@H]2CS(=O)(=O)C[C@H]2N1c1ccc(Cl)c(Cl)c1. The molecule has 37 heavy (non-hydrogen) atoms. The Labute approximate surface area is 230 Å². The molecule has 0 radical (unpaired) electrons. The van der Waals surface area contributed by atoms with Gasteiger partial charge in [0, 0.05) is 17.4 Å². The van der Waals surface area contributed by atoms with Crippen LogP contribution < -0.4 is 10.2 Å². The summed E-state index contributed by atoms with van der Waals surface area (Å²) in [5.74, 6) is -0.663. The summed E-state index contributed by atoms with van der Waals surface area (Å²) in [6.07, 6.45) is -0.528. The third-order valence-electron chi connectivity index (χ3n) is 5.73. The quantitative estimate of drug-likeness (QED) is 0.542. The fraction of sp³-hybridized carbons (Fsp3) is 0.400. The highest BCUT2D eigenvalue weighted by Gasteiger charge is 2.49. The predicted molar refractivity (Wildman–Crippen MR) is 149 cm³/mol. The van der Waals surface area contributed by atoms with Crippen LogP contribution in [0.4, 0.5) is 10.5 Å². The highest BCUT2D eigenvalue weighted by molar-refractivity contribution is 8.16. The number of nitrogens with zero attached hydrogens (tertiary/aromatic N) is 2. The number of hydrogen-bond acceptors (Lipinski definition) is 6. The summed E-state index contributed by atoms with van der Waals surface area (Å²) in [5, 5.41) is 3.35. The monoisotopic (exact) mass is 583 g/mol. The van der Waals surface area contributed by atoms with Gasteiger partial charge in [0.05, 0.1) is 27.6 Å². The highest BCUT2D eigenvalue weighted by atomic mass is 35.5. The van der Waals surface area contributed by atoms with E-state index in [0.717, 1.165) is 5.56 Å². The molecule has 12 heteroatoms. The van der Waals surface area contributed by atoms with Crippen molar-refractivity contribution in [3.8, 4) is 0 Å². The Morgan fingerprint density at radius 1 is 1.14 bits per heavy atom. The van der Waals surface area contributed by atoms with Gasteiger partial charge in [-0.15, -0.1) is 0 Å². The van der Waals surface area contributed by atoms with E-state index < -0.39 is 39.5 Å². The van der Waals surface area contributed by atoms with Gasteiger partial charge >= 0.3 is 6.09 Å². The van der Waals surface area contributed by atoms with Gasteiger partial charge in [-0.2, -0.15) is 4.99 Å². The van der Waals surface area contributed by atoms with Crippen molar-refractivity contribution in [3.05, 3.63) is 64.1 Å². The summed E-state index contributed by atoms with van der Waals surface area (Å²) in [5.41, 5.74) is 0.670. The molecule has 0 bridgehead atoms. The van der Waals surface area contributed by atoms with Crippen molar-refractivity contribution in [1.82, 2.24) is 5.32 Å². The third-order valence-corrected chi connectivity index (χ3v) is 9.67. The molecule has 2 heterocycles. The lowest BCUT2D eigenvalue weighted by atomic mass is 10.1. The zero-order valence-corrected chi connectivity index (χ0v) is 23.6. The van der Waals surface area contributed by atoms with Crippen LogP contribution in [0, 0.1) is 0 Å². The van der Waals surface area contributed by atoms with Gasteiger partial charge < -0.3 is 15.0 Å². The molecule has 3 atom stereocenters. The van der Waals surface area contributed by atoms with Gasteiger partial charge in [-0.3, -0.25) is 4.79 Å². The summed E-state index contributed by atoms with van der Waals surface area (Å²) in [6, 6.07) is 12.8. The van der Waals surface area contributed by atoms with Gasteiger partial charge in [0.2, 0.25) is 0 Å². The number of carbonyl (C=O) groups is 2. The number of benzene rings is 2. The van der Waals surface area contributed by atoms with Crippen molar-refractivity contribution >= 4 is 67.7 Å². The van der Waals surface area contributed by atoms with Crippen LogP contribution in [-0.4, -0.2) is 60.0 Å². The number of fused-ring (bicyclic) bond motifs is 1. The topological polar surface area (TPSA) is 105 Å². The van der Waals surface area contributed by atoms with Crippen LogP contribution in [0.15, 0.2) is 53.5 Å². The minimum Gasteiger partial charge on any atom is -0.444 e. The number of thioether (sulfide) groups is 1. The number of anilines is 1. The second-order valence-corrected chi connectivity index (χ2v) is 14.1. The summed E-state index contributed by atoms with van der Waals surface area (Å²) < 4.78 is 30.1. The Hall–Kier alpha value is -2.27. The van der Waals surface area contributed by atoms with Crippen LogP contribution in [0.5, 0.6) is 0 Å². The van der Waals surface area contributed by atoms with Gasteiger partial charge in [-0.25, -0.2) is 13.2 Å². The molecule has 2 aromatic carbocycles. The molecular formula is C25H27Cl2N3O5S2. The van der Waals surface area contributed by atoms with Crippen molar-refractivity contribution in [3.63, 3.8) is 0 Å². The van der Waals surface area contributed by atoms with Crippen molar-refractivity contribution in [2.24, 2.45) is 4.99 Å². The van der Waals surface area contributed by atoms with Gasteiger partial charge in [0.15, 0.2) is 15.0 Å². The number of amidine groups is 1. The molecule has 0 spiro atoms. The number of aliphatic imine (C=N–C) groups is 1. The minimum absolute atomic E-state index is 0.0169. The maximum absolute atomic E-state index is 13.5. The van der Waals surface area contributed by atoms with Crippen molar-refractivity contribution < 1.29 is 22.7 Å². The van der Waals surface area contributed by atoms with E-state index in [1.807, 2.05) is 30.3 Å². The Morgan fingerprint density at radius 3 is 2.49 bits per heavy atom. The fourth-order valence-electron chi connectivity index (χ4n) is 4.17.